The first kappa shape index (κ1) is 16.4. The molecule has 0 spiro atoms. The van der Waals surface area contributed by atoms with Gasteiger partial charge in [0.05, 0.1) is 13.2 Å². The van der Waals surface area contributed by atoms with Crippen LogP contribution in [-0.4, -0.2) is 45.6 Å². The summed E-state index contributed by atoms with van der Waals surface area (Å²) in [6.07, 6.45) is 0.895. The molecule has 122 valence electrons. The highest BCUT2D eigenvalue weighted by Gasteiger charge is 2.12. The largest absolute Gasteiger partial charge is 0.454 e. The summed E-state index contributed by atoms with van der Waals surface area (Å²) in [6.45, 7) is 8.03. The summed E-state index contributed by atoms with van der Waals surface area (Å²) in [7, 11) is 0. The van der Waals surface area contributed by atoms with Crippen molar-refractivity contribution in [2.24, 2.45) is 4.99 Å². The van der Waals surface area contributed by atoms with Gasteiger partial charge in [0.25, 0.3) is 0 Å². The highest BCUT2D eigenvalue weighted by Crippen LogP contribution is 2.32. The Kier molecular flexibility index (Phi) is 6.83. The number of hydrogen-bond donors (Lipinski definition) is 2. The molecule has 0 bridgehead atoms. The van der Waals surface area contributed by atoms with Crippen molar-refractivity contribution >= 4 is 5.96 Å². The summed E-state index contributed by atoms with van der Waals surface area (Å²) in [6, 6.07) is 6.05. The van der Waals surface area contributed by atoms with E-state index < -0.39 is 0 Å². The van der Waals surface area contributed by atoms with Crippen LogP contribution in [0.1, 0.15) is 19.4 Å². The van der Waals surface area contributed by atoms with Gasteiger partial charge in [0, 0.05) is 19.7 Å². The summed E-state index contributed by atoms with van der Waals surface area (Å²) in [5.74, 6) is 2.47. The summed E-state index contributed by atoms with van der Waals surface area (Å²) < 4.78 is 16.0. The van der Waals surface area contributed by atoms with Gasteiger partial charge in [0.2, 0.25) is 6.79 Å². The fraction of sp³-hybridized carbons (Fsp3) is 0.562. The summed E-state index contributed by atoms with van der Waals surface area (Å²) >= 11 is 0. The van der Waals surface area contributed by atoms with Crippen molar-refractivity contribution in [2.45, 2.75) is 20.3 Å². The van der Waals surface area contributed by atoms with Gasteiger partial charge < -0.3 is 24.8 Å². The van der Waals surface area contributed by atoms with Crippen LogP contribution in [-0.2, 0) is 11.2 Å². The van der Waals surface area contributed by atoms with Gasteiger partial charge in [-0.25, -0.2) is 0 Å². The Morgan fingerprint density at radius 3 is 2.91 bits per heavy atom. The Balaban J connectivity index is 1.77. The van der Waals surface area contributed by atoms with Gasteiger partial charge in [0.1, 0.15) is 0 Å². The molecule has 2 N–H and O–H groups in total. The Bertz CT molecular complexity index is 492. The van der Waals surface area contributed by atoms with Crippen LogP contribution in [0.15, 0.2) is 23.2 Å². The fourth-order valence-corrected chi connectivity index (χ4v) is 2.13. The van der Waals surface area contributed by atoms with E-state index in [1.54, 1.807) is 0 Å². The first-order valence-electron chi connectivity index (χ1n) is 7.82. The third kappa shape index (κ3) is 5.11. The lowest BCUT2D eigenvalue weighted by Gasteiger charge is -2.11. The molecule has 0 aromatic heterocycles. The van der Waals surface area contributed by atoms with E-state index in [9.17, 15) is 0 Å². The predicted octanol–water partition coefficient (Wildman–Crippen LogP) is 1.55. The third-order valence-corrected chi connectivity index (χ3v) is 3.20. The van der Waals surface area contributed by atoms with Crippen LogP contribution >= 0.6 is 0 Å². The van der Waals surface area contributed by atoms with E-state index >= 15 is 0 Å². The zero-order valence-electron chi connectivity index (χ0n) is 13.4. The van der Waals surface area contributed by atoms with E-state index in [0.29, 0.717) is 19.9 Å². The molecule has 1 aliphatic heterocycles. The topological polar surface area (TPSA) is 64.1 Å². The molecule has 1 aromatic carbocycles. The third-order valence-electron chi connectivity index (χ3n) is 3.20. The smallest absolute Gasteiger partial charge is 0.231 e. The molecule has 0 radical (unpaired) electrons. The highest BCUT2D eigenvalue weighted by atomic mass is 16.7. The maximum atomic E-state index is 5.39. The minimum Gasteiger partial charge on any atom is -0.454 e. The Morgan fingerprint density at radius 2 is 2.09 bits per heavy atom. The molecule has 0 fully saturated rings. The molecule has 6 heteroatoms. The Morgan fingerprint density at radius 1 is 1.23 bits per heavy atom. The minimum absolute atomic E-state index is 0.314. The lowest BCUT2D eigenvalue weighted by Crippen LogP contribution is -2.38. The molecule has 0 saturated carbocycles. The van der Waals surface area contributed by atoms with Crippen molar-refractivity contribution in [1.29, 1.82) is 0 Å². The summed E-state index contributed by atoms with van der Waals surface area (Å²) in [4.78, 5) is 4.46. The van der Waals surface area contributed by atoms with Crippen molar-refractivity contribution in [3.63, 3.8) is 0 Å². The van der Waals surface area contributed by atoms with Crippen LogP contribution in [0.2, 0.25) is 0 Å². The average molecular weight is 307 g/mol. The summed E-state index contributed by atoms with van der Waals surface area (Å²) in [5, 5.41) is 6.55. The molecule has 2 rings (SSSR count). The van der Waals surface area contributed by atoms with Gasteiger partial charge in [-0.05, 0) is 38.0 Å². The van der Waals surface area contributed by atoms with E-state index in [0.717, 1.165) is 43.6 Å². The number of aliphatic imine (C=N–C) groups is 1. The molecular formula is C16H25N3O3. The molecule has 22 heavy (non-hydrogen) atoms. The lowest BCUT2D eigenvalue weighted by atomic mass is 10.1. The van der Waals surface area contributed by atoms with Crippen LogP contribution in [0.5, 0.6) is 11.5 Å². The van der Waals surface area contributed by atoms with Crippen molar-refractivity contribution in [3.8, 4) is 11.5 Å². The SMILES string of the molecule is CCNC(=NCCOCC)NCCc1ccc2c(c1)OCO2. The molecule has 0 saturated heterocycles. The number of nitrogens with zero attached hydrogens (tertiary/aromatic N) is 1. The average Bonchev–Trinajstić information content (AvgIpc) is 2.99. The zero-order chi connectivity index (χ0) is 15.6. The molecule has 1 aliphatic rings. The van der Waals surface area contributed by atoms with Crippen molar-refractivity contribution in [3.05, 3.63) is 23.8 Å². The first-order chi connectivity index (χ1) is 10.8. The zero-order valence-corrected chi connectivity index (χ0v) is 13.4. The van der Waals surface area contributed by atoms with Gasteiger partial charge in [-0.15, -0.1) is 0 Å². The van der Waals surface area contributed by atoms with Crippen LogP contribution in [0.25, 0.3) is 0 Å². The van der Waals surface area contributed by atoms with E-state index in [-0.39, 0.29) is 0 Å². The number of rotatable bonds is 8. The van der Waals surface area contributed by atoms with Gasteiger partial charge >= 0.3 is 0 Å². The number of benzene rings is 1. The molecule has 0 amide bonds. The van der Waals surface area contributed by atoms with Crippen LogP contribution in [0.4, 0.5) is 0 Å². The van der Waals surface area contributed by atoms with Crippen molar-refractivity contribution in [1.82, 2.24) is 10.6 Å². The van der Waals surface area contributed by atoms with E-state index in [4.69, 9.17) is 14.2 Å². The molecular weight excluding hydrogens is 282 g/mol. The second-order valence-corrected chi connectivity index (χ2v) is 4.82. The molecule has 1 heterocycles. The van der Waals surface area contributed by atoms with Crippen LogP contribution in [0.3, 0.4) is 0 Å². The molecule has 0 atom stereocenters. The van der Waals surface area contributed by atoms with Gasteiger partial charge in [-0.1, -0.05) is 6.07 Å². The minimum atomic E-state index is 0.314. The maximum absolute atomic E-state index is 5.39. The monoisotopic (exact) mass is 307 g/mol. The van der Waals surface area contributed by atoms with Crippen molar-refractivity contribution in [2.75, 3.05) is 39.6 Å². The molecule has 0 unspecified atom stereocenters. The standard InChI is InChI=1S/C16H25N3O3/c1-3-17-16(19-9-10-20-4-2)18-8-7-13-5-6-14-15(11-13)22-12-21-14/h5-6,11H,3-4,7-10,12H2,1-2H3,(H2,17,18,19). The molecule has 1 aromatic rings. The normalized spacial score (nSPS) is 13.3. The molecule has 6 nitrogen and oxygen atoms in total. The Hall–Kier alpha value is -1.95. The predicted molar refractivity (Wildman–Crippen MR) is 86.7 cm³/mol. The second-order valence-electron chi connectivity index (χ2n) is 4.82. The van der Waals surface area contributed by atoms with Gasteiger partial charge in [-0.3, -0.25) is 4.99 Å². The van der Waals surface area contributed by atoms with Crippen LogP contribution < -0.4 is 20.1 Å². The second kappa shape index (κ2) is 9.15. The van der Waals surface area contributed by atoms with Gasteiger partial charge in [-0.2, -0.15) is 0 Å². The number of hydrogen-bond acceptors (Lipinski definition) is 4. The van der Waals surface area contributed by atoms with Crippen molar-refractivity contribution < 1.29 is 14.2 Å². The van der Waals surface area contributed by atoms with E-state index in [1.165, 1.54) is 5.56 Å². The number of ether oxygens (including phenoxy) is 3. The van der Waals surface area contributed by atoms with E-state index in [1.807, 2.05) is 19.1 Å². The van der Waals surface area contributed by atoms with Gasteiger partial charge in [0.15, 0.2) is 17.5 Å². The highest BCUT2D eigenvalue weighted by molar-refractivity contribution is 5.79. The Labute approximate surface area is 131 Å². The molecule has 0 aliphatic carbocycles. The summed E-state index contributed by atoms with van der Waals surface area (Å²) in [5.41, 5.74) is 1.21. The van der Waals surface area contributed by atoms with E-state index in [2.05, 4.69) is 28.6 Å². The van der Waals surface area contributed by atoms with Crippen LogP contribution in [0, 0.1) is 0 Å². The quantitative estimate of drug-likeness (QED) is 0.433. The number of nitrogens with one attached hydrogen (secondary N) is 2. The maximum Gasteiger partial charge on any atom is 0.231 e. The first-order valence-corrected chi connectivity index (χ1v) is 7.82. The number of guanidine groups is 1. The fourth-order valence-electron chi connectivity index (χ4n) is 2.13. The lowest BCUT2D eigenvalue weighted by molar-refractivity contribution is 0.155. The number of fused-ring (bicyclic) bond motifs is 1.